The molecule has 0 bridgehead atoms. The number of anilines is 2. The number of aromatic amines is 1. The molecule has 3 aliphatic rings. The number of nitrogens with zero attached hydrogens (tertiary/aromatic N) is 3. The highest BCUT2D eigenvalue weighted by atomic mass is 19.1. The van der Waals surface area contributed by atoms with Crippen LogP contribution in [0.4, 0.5) is 16.2 Å². The summed E-state index contributed by atoms with van der Waals surface area (Å²) < 4.78 is 18.7. The van der Waals surface area contributed by atoms with Crippen LogP contribution >= 0.6 is 0 Å². The molecule has 7 heteroatoms. The lowest BCUT2D eigenvalue weighted by atomic mass is 10.0. The molecule has 0 spiro atoms. The van der Waals surface area contributed by atoms with E-state index in [1.807, 2.05) is 12.1 Å². The molecule has 3 fully saturated rings. The number of benzene rings is 1. The Morgan fingerprint density at radius 2 is 2.00 bits per heavy atom. The summed E-state index contributed by atoms with van der Waals surface area (Å²) in [7, 11) is 0. The van der Waals surface area contributed by atoms with Crippen molar-refractivity contribution in [2.75, 3.05) is 42.6 Å². The smallest absolute Gasteiger partial charge is 0.254 e. The summed E-state index contributed by atoms with van der Waals surface area (Å²) in [5, 5.41) is 0. The van der Waals surface area contributed by atoms with Crippen molar-refractivity contribution in [1.82, 2.24) is 9.97 Å². The van der Waals surface area contributed by atoms with Gasteiger partial charge >= 0.3 is 0 Å². The van der Waals surface area contributed by atoms with Crippen molar-refractivity contribution in [3.63, 3.8) is 0 Å². The van der Waals surface area contributed by atoms with Crippen molar-refractivity contribution < 1.29 is 9.13 Å². The van der Waals surface area contributed by atoms with Crippen LogP contribution in [0, 0.1) is 23.6 Å². The Morgan fingerprint density at radius 1 is 1.25 bits per heavy atom. The van der Waals surface area contributed by atoms with Crippen molar-refractivity contribution in [3.8, 4) is 0 Å². The number of piperidine rings is 1. The molecule has 2 aliphatic heterocycles. The van der Waals surface area contributed by atoms with Gasteiger partial charge in [-0.25, -0.2) is 4.39 Å². The van der Waals surface area contributed by atoms with E-state index in [-0.39, 0.29) is 17.4 Å². The first-order valence-corrected chi connectivity index (χ1v) is 10.1. The normalized spacial score (nSPS) is 29.1. The molecule has 5 rings (SSSR count). The molecule has 1 N–H and O–H groups in total. The molecular weight excluding hydrogens is 359 g/mol. The Kier molecular flexibility index (Phi) is 4.34. The number of morpholine rings is 1. The molecule has 2 saturated heterocycles. The van der Waals surface area contributed by atoms with E-state index >= 15 is 0 Å². The highest BCUT2D eigenvalue weighted by Crippen LogP contribution is 2.56. The van der Waals surface area contributed by atoms with E-state index in [1.165, 1.54) is 12.1 Å². The first-order chi connectivity index (χ1) is 13.6. The molecule has 1 aromatic heterocycles. The third-order valence-electron chi connectivity index (χ3n) is 6.57. The van der Waals surface area contributed by atoms with Crippen LogP contribution in [0.15, 0.2) is 35.1 Å². The topological polar surface area (TPSA) is 61.5 Å². The summed E-state index contributed by atoms with van der Waals surface area (Å²) in [5.41, 5.74) is 0.989. The molecule has 28 heavy (non-hydrogen) atoms. The second kappa shape index (κ2) is 6.88. The zero-order valence-electron chi connectivity index (χ0n) is 16.0. The average Bonchev–Trinajstić information content (AvgIpc) is 3.17. The number of ether oxygens (including phenoxy) is 1. The van der Waals surface area contributed by atoms with E-state index in [0.29, 0.717) is 36.9 Å². The molecule has 4 atom stereocenters. The number of fused-ring (bicyclic) bond motifs is 1. The summed E-state index contributed by atoms with van der Waals surface area (Å²) in [6.07, 6.45) is 0.831. The van der Waals surface area contributed by atoms with E-state index in [0.717, 1.165) is 37.4 Å². The van der Waals surface area contributed by atoms with Crippen LogP contribution in [0.2, 0.25) is 0 Å². The van der Waals surface area contributed by atoms with Gasteiger partial charge in [-0.2, -0.15) is 4.98 Å². The molecule has 0 radical (unpaired) electrons. The molecular formula is C21H25FN4O2. The molecule has 0 amide bonds. The van der Waals surface area contributed by atoms with Crippen LogP contribution in [0.3, 0.4) is 0 Å². The lowest BCUT2D eigenvalue weighted by Crippen LogP contribution is -2.40. The SMILES string of the molecule is CC1C2CN(c3nc(N4CCOCC4)cc(=O)[nH]3)[C@@H](Cc3ccc(F)cc3)C12. The molecule has 1 saturated carbocycles. The van der Waals surface area contributed by atoms with Gasteiger partial charge in [-0.15, -0.1) is 0 Å². The van der Waals surface area contributed by atoms with Crippen molar-refractivity contribution in [1.29, 1.82) is 0 Å². The Hall–Kier alpha value is -2.41. The monoisotopic (exact) mass is 384 g/mol. The fourth-order valence-electron chi connectivity index (χ4n) is 4.95. The van der Waals surface area contributed by atoms with Gasteiger partial charge in [-0.3, -0.25) is 9.78 Å². The van der Waals surface area contributed by atoms with Gasteiger partial charge in [-0.1, -0.05) is 19.1 Å². The number of rotatable bonds is 4. The molecule has 1 aromatic carbocycles. The molecule has 3 heterocycles. The van der Waals surface area contributed by atoms with E-state index in [1.54, 1.807) is 6.07 Å². The maximum absolute atomic E-state index is 13.3. The maximum Gasteiger partial charge on any atom is 0.254 e. The lowest BCUT2D eigenvalue weighted by molar-refractivity contribution is 0.122. The number of hydrogen-bond acceptors (Lipinski definition) is 5. The van der Waals surface area contributed by atoms with Crippen molar-refractivity contribution in [2.24, 2.45) is 17.8 Å². The van der Waals surface area contributed by atoms with Gasteiger partial charge in [0.2, 0.25) is 5.95 Å². The zero-order valence-corrected chi connectivity index (χ0v) is 16.0. The van der Waals surface area contributed by atoms with Crippen molar-refractivity contribution >= 4 is 11.8 Å². The second-order valence-electron chi connectivity index (χ2n) is 8.18. The minimum absolute atomic E-state index is 0.124. The van der Waals surface area contributed by atoms with Crippen LogP contribution < -0.4 is 15.4 Å². The van der Waals surface area contributed by atoms with Gasteiger partial charge in [0.1, 0.15) is 11.6 Å². The van der Waals surface area contributed by atoms with Crippen LogP contribution in [0.5, 0.6) is 0 Å². The van der Waals surface area contributed by atoms with E-state index < -0.39 is 0 Å². The molecule has 3 unspecified atom stereocenters. The van der Waals surface area contributed by atoms with Crippen LogP contribution in [0.1, 0.15) is 12.5 Å². The predicted octanol–water partition coefficient (Wildman–Crippen LogP) is 2.06. The Bertz CT molecular complexity index is 909. The third kappa shape index (κ3) is 3.17. The third-order valence-corrected chi connectivity index (χ3v) is 6.57. The number of hydrogen-bond donors (Lipinski definition) is 1. The van der Waals surface area contributed by atoms with E-state index in [2.05, 4.69) is 21.7 Å². The summed E-state index contributed by atoms with van der Waals surface area (Å²) in [6.45, 7) is 6.01. The average molecular weight is 384 g/mol. The standard InChI is InChI=1S/C21H25FN4O2/c1-13-16-12-26(17(20(13)16)10-14-2-4-15(22)5-3-14)21-23-18(11-19(27)24-21)25-6-8-28-9-7-25/h2-5,11,13,16-17,20H,6-10,12H2,1H3,(H,23,24,27)/t13?,16?,17-,20?/m0/s1. The Labute approximate surface area is 163 Å². The number of nitrogens with one attached hydrogen (secondary N) is 1. The summed E-state index contributed by atoms with van der Waals surface area (Å²) in [5.74, 6) is 3.09. The number of aromatic nitrogens is 2. The van der Waals surface area contributed by atoms with E-state index in [4.69, 9.17) is 9.72 Å². The number of H-pyrrole nitrogens is 1. The Morgan fingerprint density at radius 3 is 2.75 bits per heavy atom. The molecule has 1 aliphatic carbocycles. The van der Waals surface area contributed by atoms with Crippen LogP contribution in [-0.4, -0.2) is 48.9 Å². The zero-order chi connectivity index (χ0) is 19.3. The number of halogens is 1. The van der Waals surface area contributed by atoms with Crippen LogP contribution in [0.25, 0.3) is 0 Å². The fraction of sp³-hybridized carbons (Fsp3) is 0.524. The second-order valence-corrected chi connectivity index (χ2v) is 8.18. The van der Waals surface area contributed by atoms with Crippen molar-refractivity contribution in [2.45, 2.75) is 19.4 Å². The summed E-state index contributed by atoms with van der Waals surface area (Å²) >= 11 is 0. The molecule has 2 aromatic rings. The highest BCUT2D eigenvalue weighted by molar-refractivity contribution is 5.47. The van der Waals surface area contributed by atoms with Gasteiger partial charge < -0.3 is 14.5 Å². The summed E-state index contributed by atoms with van der Waals surface area (Å²) in [6, 6.07) is 8.59. The maximum atomic E-state index is 13.3. The van der Waals surface area contributed by atoms with E-state index in [9.17, 15) is 9.18 Å². The van der Waals surface area contributed by atoms with Gasteiger partial charge in [0.25, 0.3) is 5.56 Å². The summed E-state index contributed by atoms with van der Waals surface area (Å²) in [4.78, 5) is 24.5. The first kappa shape index (κ1) is 17.7. The van der Waals surface area contributed by atoms with Gasteiger partial charge in [0, 0.05) is 31.7 Å². The molecule has 6 nitrogen and oxygen atoms in total. The van der Waals surface area contributed by atoms with Gasteiger partial charge in [-0.05, 0) is 41.9 Å². The minimum atomic E-state index is -0.214. The largest absolute Gasteiger partial charge is 0.378 e. The highest BCUT2D eigenvalue weighted by Gasteiger charge is 2.59. The molecule has 148 valence electrons. The quantitative estimate of drug-likeness (QED) is 0.874. The van der Waals surface area contributed by atoms with Crippen LogP contribution in [-0.2, 0) is 11.2 Å². The minimum Gasteiger partial charge on any atom is -0.378 e. The Balaban J connectivity index is 1.43. The predicted molar refractivity (Wildman–Crippen MR) is 105 cm³/mol. The first-order valence-electron chi connectivity index (χ1n) is 10.1. The lowest BCUT2D eigenvalue weighted by Gasteiger charge is -2.31. The van der Waals surface area contributed by atoms with Gasteiger partial charge in [0.05, 0.1) is 13.2 Å². The van der Waals surface area contributed by atoms with Gasteiger partial charge in [0.15, 0.2) is 0 Å². The van der Waals surface area contributed by atoms with Crippen molar-refractivity contribution in [3.05, 3.63) is 52.1 Å². The fourth-order valence-corrected chi connectivity index (χ4v) is 4.95.